The first kappa shape index (κ1) is 11.2. The van der Waals surface area contributed by atoms with Gasteiger partial charge >= 0.3 is 0 Å². The summed E-state index contributed by atoms with van der Waals surface area (Å²) >= 11 is 0. The quantitative estimate of drug-likeness (QED) is 0.722. The van der Waals surface area contributed by atoms with Gasteiger partial charge in [-0.25, -0.2) is 0 Å². The molecule has 2 rings (SSSR count). The van der Waals surface area contributed by atoms with Crippen molar-refractivity contribution in [1.29, 1.82) is 0 Å². The zero-order valence-electron chi connectivity index (χ0n) is 10.1. The largest absolute Gasteiger partial charge is 0.370 e. The number of benzene rings is 1. The highest BCUT2D eigenvalue weighted by molar-refractivity contribution is 5.69. The number of fused-ring (bicyclic) bond motifs is 1. The number of carbonyl (C=O) groups is 1. The lowest BCUT2D eigenvalue weighted by Crippen LogP contribution is -2.26. The maximum atomic E-state index is 10.7. The Kier molecular flexibility index (Phi) is 3.28. The molecule has 0 spiro atoms. The molecule has 0 fully saturated rings. The summed E-state index contributed by atoms with van der Waals surface area (Å²) in [5, 5.41) is 0. The summed E-state index contributed by atoms with van der Waals surface area (Å²) < 4.78 is 0. The minimum atomic E-state index is 0.539. The molecule has 2 nitrogen and oxygen atoms in total. The Morgan fingerprint density at radius 3 is 2.94 bits per heavy atom. The second-order valence-corrected chi connectivity index (χ2v) is 4.89. The summed E-state index contributed by atoms with van der Waals surface area (Å²) in [6.45, 7) is 6.66. The molecule has 0 radical (unpaired) electrons. The molecular formula is C14H19NO. The summed E-state index contributed by atoms with van der Waals surface area (Å²) in [7, 11) is 0. The number of hydrogen-bond donors (Lipinski definition) is 0. The summed E-state index contributed by atoms with van der Waals surface area (Å²) in [6, 6.07) is 6.33. The van der Waals surface area contributed by atoms with E-state index in [2.05, 4.69) is 36.9 Å². The van der Waals surface area contributed by atoms with Crippen molar-refractivity contribution in [3.63, 3.8) is 0 Å². The number of rotatable bonds is 4. The predicted octanol–water partition coefficient (Wildman–Crippen LogP) is 2.45. The van der Waals surface area contributed by atoms with Crippen molar-refractivity contribution >= 4 is 12.0 Å². The van der Waals surface area contributed by atoms with E-state index in [1.54, 1.807) is 0 Å². The van der Waals surface area contributed by atoms with Crippen molar-refractivity contribution in [3.05, 3.63) is 29.3 Å². The second kappa shape index (κ2) is 4.69. The van der Waals surface area contributed by atoms with Crippen molar-refractivity contribution < 1.29 is 4.79 Å². The Morgan fingerprint density at radius 1 is 1.44 bits per heavy atom. The highest BCUT2D eigenvalue weighted by Crippen LogP contribution is 2.32. The monoisotopic (exact) mass is 217 g/mol. The molecule has 0 saturated heterocycles. The van der Waals surface area contributed by atoms with Crippen LogP contribution in [0.5, 0.6) is 0 Å². The Bertz CT molecular complexity index is 384. The van der Waals surface area contributed by atoms with Gasteiger partial charge in [0.15, 0.2) is 0 Å². The first-order chi connectivity index (χ1) is 7.72. The minimum absolute atomic E-state index is 0.539. The van der Waals surface area contributed by atoms with Gasteiger partial charge in [-0.1, -0.05) is 32.0 Å². The van der Waals surface area contributed by atoms with Gasteiger partial charge in [-0.3, -0.25) is 0 Å². The molecule has 16 heavy (non-hydrogen) atoms. The molecule has 1 aromatic rings. The minimum Gasteiger partial charge on any atom is -0.370 e. The van der Waals surface area contributed by atoms with E-state index in [9.17, 15) is 4.79 Å². The van der Waals surface area contributed by atoms with Gasteiger partial charge in [-0.2, -0.15) is 0 Å². The van der Waals surface area contributed by atoms with Crippen LogP contribution in [0.25, 0.3) is 0 Å². The van der Waals surface area contributed by atoms with E-state index in [-0.39, 0.29) is 0 Å². The maximum Gasteiger partial charge on any atom is 0.124 e. The number of hydrogen-bond acceptors (Lipinski definition) is 2. The van der Waals surface area contributed by atoms with E-state index in [1.807, 2.05) is 0 Å². The van der Waals surface area contributed by atoms with Crippen molar-refractivity contribution in [1.82, 2.24) is 0 Å². The fraction of sp³-hybridized carbons (Fsp3) is 0.500. The Morgan fingerprint density at radius 2 is 2.25 bits per heavy atom. The van der Waals surface area contributed by atoms with Crippen molar-refractivity contribution in [2.24, 2.45) is 5.92 Å². The zero-order chi connectivity index (χ0) is 11.5. The van der Waals surface area contributed by atoms with Crippen LogP contribution in [-0.4, -0.2) is 19.4 Å². The van der Waals surface area contributed by atoms with E-state index in [0.29, 0.717) is 12.3 Å². The van der Waals surface area contributed by atoms with E-state index < -0.39 is 0 Å². The van der Waals surface area contributed by atoms with Gasteiger partial charge in [0.2, 0.25) is 0 Å². The Hall–Kier alpha value is -1.31. The van der Waals surface area contributed by atoms with Crippen LogP contribution < -0.4 is 4.90 Å². The molecule has 1 aliphatic rings. The molecule has 0 aromatic heterocycles. The standard InChI is InChI=1S/C14H19NO/c1-11(2)10-15-8-6-12-4-3-5-13(7-9-16)14(12)15/h3-5,9,11H,6-8,10H2,1-2H3. The molecule has 1 aromatic carbocycles. The van der Waals surface area contributed by atoms with Crippen LogP contribution in [-0.2, 0) is 17.6 Å². The Labute approximate surface area is 97.3 Å². The molecule has 0 amide bonds. The summed E-state index contributed by atoms with van der Waals surface area (Å²) in [4.78, 5) is 13.1. The molecule has 0 bridgehead atoms. The number of nitrogens with zero attached hydrogens (tertiary/aromatic N) is 1. The smallest absolute Gasteiger partial charge is 0.124 e. The lowest BCUT2D eigenvalue weighted by atomic mass is 10.0. The second-order valence-electron chi connectivity index (χ2n) is 4.89. The van der Waals surface area contributed by atoms with Crippen LogP contribution in [0.1, 0.15) is 25.0 Å². The third-order valence-electron chi connectivity index (χ3n) is 3.06. The highest BCUT2D eigenvalue weighted by atomic mass is 16.1. The SMILES string of the molecule is CC(C)CN1CCc2cccc(CC=O)c21. The summed E-state index contributed by atoms with van der Waals surface area (Å²) in [6.07, 6.45) is 2.66. The van der Waals surface area contributed by atoms with E-state index in [4.69, 9.17) is 0 Å². The van der Waals surface area contributed by atoms with Crippen molar-refractivity contribution in [2.45, 2.75) is 26.7 Å². The van der Waals surface area contributed by atoms with Gasteiger partial charge in [-0.05, 0) is 23.5 Å². The topological polar surface area (TPSA) is 20.3 Å². The van der Waals surface area contributed by atoms with Crippen LogP contribution >= 0.6 is 0 Å². The van der Waals surface area contributed by atoms with Crippen LogP contribution in [0.2, 0.25) is 0 Å². The van der Waals surface area contributed by atoms with Crippen molar-refractivity contribution in [3.8, 4) is 0 Å². The number of anilines is 1. The molecule has 0 aliphatic carbocycles. The fourth-order valence-electron chi connectivity index (χ4n) is 2.50. The van der Waals surface area contributed by atoms with E-state index in [0.717, 1.165) is 25.8 Å². The van der Waals surface area contributed by atoms with Crippen LogP contribution in [0.15, 0.2) is 18.2 Å². The van der Waals surface area contributed by atoms with Gasteiger partial charge in [0.25, 0.3) is 0 Å². The summed E-state index contributed by atoms with van der Waals surface area (Å²) in [5.74, 6) is 0.662. The highest BCUT2D eigenvalue weighted by Gasteiger charge is 2.22. The number of carbonyl (C=O) groups excluding carboxylic acids is 1. The van der Waals surface area contributed by atoms with Gasteiger partial charge < -0.3 is 9.69 Å². The van der Waals surface area contributed by atoms with E-state index >= 15 is 0 Å². The maximum absolute atomic E-state index is 10.7. The first-order valence-electron chi connectivity index (χ1n) is 6.01. The molecule has 0 atom stereocenters. The van der Waals surface area contributed by atoms with Gasteiger partial charge in [0.05, 0.1) is 0 Å². The van der Waals surface area contributed by atoms with Gasteiger partial charge in [-0.15, -0.1) is 0 Å². The normalized spacial score (nSPS) is 14.3. The lowest BCUT2D eigenvalue weighted by molar-refractivity contribution is -0.107. The van der Waals surface area contributed by atoms with Crippen LogP contribution in [0.4, 0.5) is 5.69 Å². The molecule has 1 heterocycles. The third-order valence-corrected chi connectivity index (χ3v) is 3.06. The molecule has 2 heteroatoms. The van der Waals surface area contributed by atoms with Gasteiger partial charge in [0, 0.05) is 25.2 Å². The molecule has 0 N–H and O–H groups in total. The fourth-order valence-corrected chi connectivity index (χ4v) is 2.50. The first-order valence-corrected chi connectivity index (χ1v) is 6.01. The molecule has 86 valence electrons. The molecule has 0 unspecified atom stereocenters. The van der Waals surface area contributed by atoms with E-state index in [1.165, 1.54) is 16.8 Å². The average Bonchev–Trinajstić information content (AvgIpc) is 2.62. The molecule has 0 saturated carbocycles. The Balaban J connectivity index is 2.31. The third kappa shape index (κ3) is 2.11. The number of aldehydes is 1. The predicted molar refractivity (Wildman–Crippen MR) is 67.0 cm³/mol. The van der Waals surface area contributed by atoms with Crippen LogP contribution in [0, 0.1) is 5.92 Å². The van der Waals surface area contributed by atoms with Gasteiger partial charge in [0.1, 0.15) is 6.29 Å². The van der Waals surface area contributed by atoms with Crippen LogP contribution in [0.3, 0.4) is 0 Å². The van der Waals surface area contributed by atoms with Crippen molar-refractivity contribution in [2.75, 3.05) is 18.0 Å². The summed E-state index contributed by atoms with van der Waals surface area (Å²) in [5.41, 5.74) is 3.91. The lowest BCUT2D eigenvalue weighted by Gasteiger charge is -2.23. The zero-order valence-corrected chi connectivity index (χ0v) is 10.1. The molecule has 1 aliphatic heterocycles. The number of para-hydroxylation sites is 1. The molecular weight excluding hydrogens is 198 g/mol. The average molecular weight is 217 g/mol.